The van der Waals surface area contributed by atoms with E-state index < -0.39 is 10.2 Å². The molecule has 0 bridgehead atoms. The number of piperazine rings is 2. The average Bonchev–Trinajstić information content (AvgIpc) is 2.46. The maximum Gasteiger partial charge on any atom is 0.282 e. The largest absolute Gasteiger partial charge is 0.304 e. The summed E-state index contributed by atoms with van der Waals surface area (Å²) in [4.78, 5) is 4.36. The highest BCUT2D eigenvalue weighted by Gasteiger charge is 2.33. The smallest absolute Gasteiger partial charge is 0.282 e. The molecule has 0 spiro atoms. The maximum atomic E-state index is 12.5. The molecule has 2 heterocycles. The highest BCUT2D eigenvalue weighted by atomic mass is 35.5. The van der Waals surface area contributed by atoms with Crippen LogP contribution in [0.1, 0.15) is 0 Å². The third kappa shape index (κ3) is 3.93. The van der Waals surface area contributed by atoms with Crippen LogP contribution in [0, 0.1) is 0 Å². The van der Waals surface area contributed by atoms with Crippen LogP contribution in [0.4, 0.5) is 0 Å². The molecule has 0 saturated carbocycles. The lowest BCUT2D eigenvalue weighted by molar-refractivity contribution is 0.179. The van der Waals surface area contributed by atoms with Gasteiger partial charge in [-0.3, -0.25) is 4.90 Å². The van der Waals surface area contributed by atoms with E-state index in [0.29, 0.717) is 26.2 Å². The van der Waals surface area contributed by atoms with E-state index in [9.17, 15) is 8.42 Å². The molecule has 2 aliphatic rings. The van der Waals surface area contributed by atoms with Crippen molar-refractivity contribution in [2.75, 3.05) is 66.0 Å². The molecule has 0 aromatic carbocycles. The summed E-state index contributed by atoms with van der Waals surface area (Å²) < 4.78 is 28.3. The van der Waals surface area contributed by atoms with Crippen LogP contribution < -0.4 is 0 Å². The van der Waals surface area contributed by atoms with Gasteiger partial charge in [-0.2, -0.15) is 17.0 Å². The highest BCUT2D eigenvalue weighted by Crippen LogP contribution is 2.14. The average molecular weight is 323 g/mol. The Morgan fingerprint density at radius 3 is 1.95 bits per heavy atom. The molecule has 2 rings (SSSR count). The van der Waals surface area contributed by atoms with Crippen LogP contribution in [0.5, 0.6) is 0 Å². The molecule has 0 unspecified atom stereocenters. The molecule has 2 saturated heterocycles. The standard InChI is InChI=1S/C12H23ClN4O2S/c1-14-5-9-16(10-6-14)20(18,19)17-11-7-15(8-12-17)4-2-3-13/h2-3H,4-12H2,1H3/b3-2+. The predicted molar refractivity (Wildman–Crippen MR) is 81.0 cm³/mol. The zero-order valence-corrected chi connectivity index (χ0v) is 13.5. The predicted octanol–water partition coefficient (Wildman–Crippen LogP) is -0.151. The van der Waals surface area contributed by atoms with Gasteiger partial charge in [0.15, 0.2) is 0 Å². The number of hydrogen-bond donors (Lipinski definition) is 0. The first-order chi connectivity index (χ1) is 9.54. The van der Waals surface area contributed by atoms with Gasteiger partial charge in [0.1, 0.15) is 0 Å². The molecule has 0 N–H and O–H groups in total. The Bertz CT molecular complexity index is 427. The summed E-state index contributed by atoms with van der Waals surface area (Å²) in [5.41, 5.74) is 1.51. The van der Waals surface area contributed by atoms with Gasteiger partial charge in [0.25, 0.3) is 10.2 Å². The fourth-order valence-electron chi connectivity index (χ4n) is 2.51. The third-order valence-corrected chi connectivity index (χ3v) is 6.11. The van der Waals surface area contributed by atoms with Crippen LogP contribution in [0.2, 0.25) is 0 Å². The maximum absolute atomic E-state index is 12.5. The van der Waals surface area contributed by atoms with Crippen molar-refractivity contribution >= 4 is 21.8 Å². The quantitative estimate of drug-likeness (QED) is 0.722. The van der Waals surface area contributed by atoms with Crippen LogP contribution in [-0.4, -0.2) is 92.8 Å². The van der Waals surface area contributed by atoms with E-state index in [1.165, 1.54) is 5.54 Å². The summed E-state index contributed by atoms with van der Waals surface area (Å²) in [6.45, 7) is 6.21. The first kappa shape index (κ1) is 16.2. The van der Waals surface area contributed by atoms with Crippen molar-refractivity contribution in [1.29, 1.82) is 0 Å². The second kappa shape index (κ2) is 7.20. The van der Waals surface area contributed by atoms with E-state index in [2.05, 4.69) is 9.80 Å². The van der Waals surface area contributed by atoms with Crippen LogP contribution >= 0.6 is 11.6 Å². The van der Waals surface area contributed by atoms with Crippen molar-refractivity contribution in [1.82, 2.24) is 18.4 Å². The van der Waals surface area contributed by atoms with Crippen molar-refractivity contribution < 1.29 is 8.42 Å². The molecule has 0 aromatic heterocycles. The normalized spacial score (nSPS) is 25.5. The Morgan fingerprint density at radius 1 is 0.950 bits per heavy atom. The molecule has 2 aliphatic heterocycles. The van der Waals surface area contributed by atoms with Crippen LogP contribution in [0.3, 0.4) is 0 Å². The van der Waals surface area contributed by atoms with Gasteiger partial charge in [0, 0.05) is 64.4 Å². The van der Waals surface area contributed by atoms with Crippen LogP contribution in [0.15, 0.2) is 11.6 Å². The van der Waals surface area contributed by atoms with Gasteiger partial charge < -0.3 is 4.90 Å². The molecule has 20 heavy (non-hydrogen) atoms. The Balaban J connectivity index is 1.88. The Labute approximate surface area is 126 Å². The Hall–Kier alpha value is -0.180. The summed E-state index contributed by atoms with van der Waals surface area (Å²) in [6, 6.07) is 0. The van der Waals surface area contributed by atoms with Gasteiger partial charge in [-0.15, -0.1) is 0 Å². The number of halogens is 1. The molecule has 8 heteroatoms. The third-order valence-electron chi connectivity index (χ3n) is 3.90. The molecule has 2 fully saturated rings. The van der Waals surface area contributed by atoms with E-state index in [4.69, 9.17) is 11.6 Å². The lowest BCUT2D eigenvalue weighted by Gasteiger charge is -2.38. The molecular weight excluding hydrogens is 300 g/mol. The minimum atomic E-state index is -3.28. The number of likely N-dealkylation sites (N-methyl/N-ethyl adjacent to an activating group) is 1. The van der Waals surface area contributed by atoms with Gasteiger partial charge in [0.05, 0.1) is 0 Å². The lowest BCUT2D eigenvalue weighted by atomic mass is 10.3. The second-order valence-electron chi connectivity index (χ2n) is 5.27. The number of hydrogen-bond acceptors (Lipinski definition) is 4. The van der Waals surface area contributed by atoms with E-state index in [1.807, 2.05) is 13.1 Å². The molecule has 0 aromatic rings. The first-order valence-corrected chi connectivity index (χ1v) is 8.78. The highest BCUT2D eigenvalue weighted by molar-refractivity contribution is 7.86. The van der Waals surface area contributed by atoms with E-state index >= 15 is 0 Å². The summed E-state index contributed by atoms with van der Waals surface area (Å²) in [5, 5.41) is 0. The molecule has 6 nitrogen and oxygen atoms in total. The molecule has 0 atom stereocenters. The van der Waals surface area contributed by atoms with Crippen molar-refractivity contribution in [3.8, 4) is 0 Å². The van der Waals surface area contributed by atoms with Crippen molar-refractivity contribution in [3.63, 3.8) is 0 Å². The van der Waals surface area contributed by atoms with Gasteiger partial charge in [-0.25, -0.2) is 0 Å². The van der Waals surface area contributed by atoms with E-state index in [-0.39, 0.29) is 0 Å². The molecule has 116 valence electrons. The summed E-state index contributed by atoms with van der Waals surface area (Å²) in [6.07, 6.45) is 1.88. The molecule has 0 radical (unpaired) electrons. The summed E-state index contributed by atoms with van der Waals surface area (Å²) in [7, 11) is -1.26. The zero-order chi connectivity index (χ0) is 14.6. The lowest BCUT2D eigenvalue weighted by Crippen LogP contribution is -2.56. The topological polar surface area (TPSA) is 47.1 Å². The van der Waals surface area contributed by atoms with Crippen molar-refractivity contribution in [3.05, 3.63) is 11.6 Å². The van der Waals surface area contributed by atoms with Crippen LogP contribution in [-0.2, 0) is 10.2 Å². The fraction of sp³-hybridized carbons (Fsp3) is 0.833. The Morgan fingerprint density at radius 2 is 1.45 bits per heavy atom. The zero-order valence-electron chi connectivity index (χ0n) is 11.9. The van der Waals surface area contributed by atoms with E-state index in [1.54, 1.807) is 8.61 Å². The first-order valence-electron chi connectivity index (χ1n) is 6.95. The van der Waals surface area contributed by atoms with Crippen molar-refractivity contribution in [2.45, 2.75) is 0 Å². The van der Waals surface area contributed by atoms with Gasteiger partial charge >= 0.3 is 0 Å². The van der Waals surface area contributed by atoms with Gasteiger partial charge in [-0.1, -0.05) is 17.7 Å². The Kier molecular flexibility index (Phi) is 5.83. The minimum absolute atomic E-state index is 0.560. The van der Waals surface area contributed by atoms with E-state index in [0.717, 1.165) is 32.7 Å². The van der Waals surface area contributed by atoms with Gasteiger partial charge in [0.2, 0.25) is 0 Å². The SMILES string of the molecule is CN1CCN(S(=O)(=O)N2CCN(C/C=C/Cl)CC2)CC1. The van der Waals surface area contributed by atoms with Gasteiger partial charge in [-0.05, 0) is 7.05 Å². The summed E-state index contributed by atoms with van der Waals surface area (Å²) >= 11 is 5.51. The number of rotatable bonds is 4. The summed E-state index contributed by atoms with van der Waals surface area (Å²) in [5.74, 6) is 0. The molecule has 0 amide bonds. The molecular formula is C12H23ClN4O2S. The fourth-order valence-corrected chi connectivity index (χ4v) is 4.17. The number of nitrogens with zero attached hydrogens (tertiary/aromatic N) is 4. The molecule has 0 aliphatic carbocycles. The van der Waals surface area contributed by atoms with Crippen molar-refractivity contribution in [2.24, 2.45) is 0 Å². The van der Waals surface area contributed by atoms with Crippen LogP contribution in [0.25, 0.3) is 0 Å². The second-order valence-corrected chi connectivity index (χ2v) is 7.45. The monoisotopic (exact) mass is 322 g/mol. The minimum Gasteiger partial charge on any atom is -0.304 e.